The van der Waals surface area contributed by atoms with Crippen molar-refractivity contribution in [1.82, 2.24) is 19.5 Å². The van der Waals surface area contributed by atoms with Gasteiger partial charge in [-0.25, -0.2) is 9.50 Å². The Morgan fingerprint density at radius 1 is 1.15 bits per heavy atom. The Morgan fingerprint density at radius 2 is 1.88 bits per heavy atom. The quantitative estimate of drug-likeness (QED) is 0.642. The van der Waals surface area contributed by atoms with Crippen LogP contribution in [0.4, 0.5) is 5.82 Å². The van der Waals surface area contributed by atoms with Crippen molar-refractivity contribution >= 4 is 38.9 Å². The number of fused-ring (bicyclic) bond motifs is 1. The zero-order valence-electron chi connectivity index (χ0n) is 14.6. The second-order valence-corrected chi connectivity index (χ2v) is 7.99. The van der Waals surface area contributed by atoms with Gasteiger partial charge in [0.2, 0.25) is 0 Å². The van der Waals surface area contributed by atoms with Crippen LogP contribution in [0.2, 0.25) is 5.02 Å². The van der Waals surface area contributed by atoms with Gasteiger partial charge in [0.05, 0.1) is 0 Å². The van der Waals surface area contributed by atoms with Crippen LogP contribution >= 0.6 is 27.5 Å². The van der Waals surface area contributed by atoms with Gasteiger partial charge in [0, 0.05) is 30.2 Å². The lowest BCUT2D eigenvalue weighted by Crippen LogP contribution is -2.40. The summed E-state index contributed by atoms with van der Waals surface area (Å²) in [5.41, 5.74) is 2.31. The number of anilines is 1. The van der Waals surface area contributed by atoms with Crippen molar-refractivity contribution in [2.45, 2.75) is 31.8 Å². The maximum atomic E-state index is 6.00. The fourth-order valence-electron chi connectivity index (χ4n) is 3.59. The van der Waals surface area contributed by atoms with Gasteiger partial charge in [-0.2, -0.15) is 5.10 Å². The molecule has 136 valence electrons. The first-order chi connectivity index (χ1) is 12.6. The van der Waals surface area contributed by atoms with Crippen LogP contribution in [-0.4, -0.2) is 38.6 Å². The predicted molar refractivity (Wildman–Crippen MR) is 109 cm³/mol. The summed E-state index contributed by atoms with van der Waals surface area (Å²) in [7, 11) is 0. The highest BCUT2D eigenvalue weighted by Gasteiger charge is 2.24. The van der Waals surface area contributed by atoms with E-state index in [0.29, 0.717) is 12.1 Å². The zero-order chi connectivity index (χ0) is 18.1. The van der Waals surface area contributed by atoms with E-state index in [-0.39, 0.29) is 0 Å². The standard InChI is InChI=1S/C19H21BrClN5/c1-13(14-2-4-15(21)5-3-14)25-10-8-16(9-11-25)24-19-17-6-7-18(20)26(17)23-12-22-19/h2-7,12-13,16H,8-11H2,1H3,(H,22,23,24). The van der Waals surface area contributed by atoms with E-state index in [9.17, 15) is 0 Å². The number of aromatic nitrogens is 3. The highest BCUT2D eigenvalue weighted by atomic mass is 79.9. The first kappa shape index (κ1) is 17.8. The number of rotatable bonds is 4. The summed E-state index contributed by atoms with van der Waals surface area (Å²) in [6, 6.07) is 13.0. The summed E-state index contributed by atoms with van der Waals surface area (Å²) in [6.07, 6.45) is 3.78. The van der Waals surface area contributed by atoms with Crippen LogP contribution in [0.1, 0.15) is 31.4 Å². The lowest BCUT2D eigenvalue weighted by Gasteiger charge is -2.36. The molecule has 0 amide bonds. The van der Waals surface area contributed by atoms with E-state index >= 15 is 0 Å². The third-order valence-corrected chi connectivity index (χ3v) is 6.03. The Bertz CT molecular complexity index is 887. The predicted octanol–water partition coefficient (Wildman–Crippen LogP) is 4.78. The molecule has 5 nitrogen and oxygen atoms in total. The fraction of sp³-hybridized carbons (Fsp3) is 0.368. The molecule has 1 aromatic carbocycles. The summed E-state index contributed by atoms with van der Waals surface area (Å²) in [4.78, 5) is 6.97. The minimum atomic E-state index is 0.403. The first-order valence-corrected chi connectivity index (χ1v) is 10.0. The normalized spacial score (nSPS) is 17.5. The summed E-state index contributed by atoms with van der Waals surface area (Å²) < 4.78 is 2.79. The van der Waals surface area contributed by atoms with Crippen molar-refractivity contribution in [3.05, 3.63) is 57.9 Å². The van der Waals surface area contributed by atoms with Crippen LogP contribution in [0, 0.1) is 0 Å². The molecule has 0 bridgehead atoms. The Balaban J connectivity index is 1.39. The van der Waals surface area contributed by atoms with Crippen molar-refractivity contribution in [2.24, 2.45) is 0 Å². The molecule has 3 aromatic rings. The van der Waals surface area contributed by atoms with Crippen LogP contribution in [0.3, 0.4) is 0 Å². The maximum absolute atomic E-state index is 6.00. The van der Waals surface area contributed by atoms with Crippen LogP contribution in [0.5, 0.6) is 0 Å². The Labute approximate surface area is 166 Å². The minimum Gasteiger partial charge on any atom is -0.365 e. The molecule has 26 heavy (non-hydrogen) atoms. The van der Waals surface area contributed by atoms with Gasteiger partial charge in [-0.1, -0.05) is 23.7 Å². The van der Waals surface area contributed by atoms with Crippen LogP contribution in [0.25, 0.3) is 5.52 Å². The van der Waals surface area contributed by atoms with E-state index in [1.807, 2.05) is 28.8 Å². The van der Waals surface area contributed by atoms with Crippen LogP contribution in [-0.2, 0) is 0 Å². The molecule has 7 heteroatoms. The highest BCUT2D eigenvalue weighted by molar-refractivity contribution is 9.10. The van der Waals surface area contributed by atoms with Gasteiger partial charge in [0.1, 0.15) is 16.4 Å². The number of piperidine rings is 1. The molecule has 1 unspecified atom stereocenters. The highest BCUT2D eigenvalue weighted by Crippen LogP contribution is 2.27. The first-order valence-electron chi connectivity index (χ1n) is 8.86. The molecule has 1 N–H and O–H groups in total. The topological polar surface area (TPSA) is 45.5 Å². The molecule has 2 aromatic heterocycles. The van der Waals surface area contributed by atoms with Crippen molar-refractivity contribution in [1.29, 1.82) is 0 Å². The summed E-state index contributed by atoms with van der Waals surface area (Å²) in [5.74, 6) is 0.898. The Kier molecular flexibility index (Phi) is 5.16. The average molecular weight is 435 g/mol. The average Bonchev–Trinajstić information content (AvgIpc) is 3.05. The second-order valence-electron chi connectivity index (χ2n) is 6.74. The third kappa shape index (κ3) is 3.59. The number of hydrogen-bond donors (Lipinski definition) is 1. The van der Waals surface area contributed by atoms with E-state index in [0.717, 1.165) is 46.9 Å². The van der Waals surface area contributed by atoms with Gasteiger partial charge in [0.25, 0.3) is 0 Å². The smallest absolute Gasteiger partial charge is 0.154 e. The van der Waals surface area contributed by atoms with Gasteiger partial charge in [-0.05, 0) is 65.5 Å². The molecule has 0 radical (unpaired) electrons. The molecule has 3 heterocycles. The maximum Gasteiger partial charge on any atom is 0.154 e. The summed E-state index contributed by atoms with van der Waals surface area (Å²) in [5, 5.41) is 8.67. The molecule has 0 spiro atoms. The van der Waals surface area contributed by atoms with Gasteiger partial charge >= 0.3 is 0 Å². The SMILES string of the molecule is CC(c1ccc(Cl)cc1)N1CCC(Nc2ncnn3c(Br)ccc23)CC1. The molecule has 1 aliphatic heterocycles. The Morgan fingerprint density at radius 3 is 2.62 bits per heavy atom. The molecule has 1 fully saturated rings. The number of hydrogen-bond acceptors (Lipinski definition) is 4. The van der Waals surface area contributed by atoms with Crippen molar-refractivity contribution < 1.29 is 0 Å². The molecule has 1 aliphatic rings. The van der Waals surface area contributed by atoms with Crippen molar-refractivity contribution in [3.8, 4) is 0 Å². The largest absolute Gasteiger partial charge is 0.365 e. The number of likely N-dealkylation sites (tertiary alicyclic amines) is 1. The van der Waals surface area contributed by atoms with E-state index in [4.69, 9.17) is 11.6 Å². The van der Waals surface area contributed by atoms with Crippen molar-refractivity contribution in [3.63, 3.8) is 0 Å². The van der Waals surface area contributed by atoms with E-state index in [1.165, 1.54) is 5.56 Å². The number of halogens is 2. The number of benzene rings is 1. The van der Waals surface area contributed by atoms with Gasteiger partial charge in [-0.15, -0.1) is 0 Å². The second kappa shape index (κ2) is 7.55. The third-order valence-electron chi connectivity index (χ3n) is 5.18. The molecular weight excluding hydrogens is 414 g/mol. The molecule has 0 saturated carbocycles. The lowest BCUT2D eigenvalue weighted by atomic mass is 10.00. The summed E-state index contributed by atoms with van der Waals surface area (Å²) >= 11 is 9.51. The van der Waals surface area contributed by atoms with Gasteiger partial charge in [0.15, 0.2) is 5.82 Å². The number of nitrogens with one attached hydrogen (secondary N) is 1. The van der Waals surface area contributed by atoms with E-state index in [2.05, 4.69) is 55.3 Å². The van der Waals surface area contributed by atoms with Crippen molar-refractivity contribution in [2.75, 3.05) is 18.4 Å². The molecule has 0 aliphatic carbocycles. The summed E-state index contributed by atoms with van der Waals surface area (Å²) in [6.45, 7) is 4.39. The number of nitrogens with zero attached hydrogens (tertiary/aromatic N) is 4. The molecule has 1 saturated heterocycles. The monoisotopic (exact) mass is 433 g/mol. The Hall–Kier alpha value is -1.63. The molecule has 4 rings (SSSR count). The fourth-order valence-corrected chi connectivity index (χ4v) is 4.13. The lowest BCUT2D eigenvalue weighted by molar-refractivity contribution is 0.167. The molecular formula is C19H21BrClN5. The van der Waals surface area contributed by atoms with Crippen LogP contribution < -0.4 is 5.32 Å². The van der Waals surface area contributed by atoms with Crippen LogP contribution in [0.15, 0.2) is 47.3 Å². The van der Waals surface area contributed by atoms with Gasteiger partial charge < -0.3 is 5.32 Å². The van der Waals surface area contributed by atoms with E-state index < -0.39 is 0 Å². The minimum absolute atomic E-state index is 0.403. The van der Waals surface area contributed by atoms with E-state index in [1.54, 1.807) is 6.33 Å². The zero-order valence-corrected chi connectivity index (χ0v) is 16.9. The molecule has 1 atom stereocenters. The van der Waals surface area contributed by atoms with Gasteiger partial charge in [-0.3, -0.25) is 4.90 Å².